The molecule has 0 unspecified atom stereocenters. The van der Waals surface area contributed by atoms with E-state index in [1.54, 1.807) is 12.1 Å². The highest BCUT2D eigenvalue weighted by molar-refractivity contribution is 5.85. The predicted octanol–water partition coefficient (Wildman–Crippen LogP) is 2.76. The van der Waals surface area contributed by atoms with E-state index in [-0.39, 0.29) is 24.1 Å². The number of nitrogens with two attached hydrogens (primary N) is 1. The molecule has 2 atom stereocenters. The molecule has 4 nitrogen and oxygen atoms in total. The van der Waals surface area contributed by atoms with E-state index in [1.807, 2.05) is 0 Å². The minimum atomic E-state index is -0.557. The molecule has 0 aliphatic heterocycles. The number of aliphatic hydroxyl groups excluding tert-OH is 1. The Morgan fingerprint density at radius 2 is 1.90 bits per heavy atom. The summed E-state index contributed by atoms with van der Waals surface area (Å²) in [6, 6.07) is 4.36. The molecule has 1 fully saturated rings. The minimum Gasteiger partial charge on any atom is -0.508 e. The molecule has 0 spiro atoms. The van der Waals surface area contributed by atoms with Crippen molar-refractivity contribution in [2.24, 2.45) is 11.7 Å². The van der Waals surface area contributed by atoms with Crippen LogP contribution in [0, 0.1) is 5.92 Å². The van der Waals surface area contributed by atoms with Gasteiger partial charge in [-0.15, -0.1) is 12.4 Å². The summed E-state index contributed by atoms with van der Waals surface area (Å²) < 4.78 is 5.23. The number of methoxy groups -OCH3 is 1. The lowest BCUT2D eigenvalue weighted by atomic mass is 9.81. The zero-order valence-electron chi connectivity index (χ0n) is 11.8. The van der Waals surface area contributed by atoms with Crippen molar-refractivity contribution in [1.29, 1.82) is 0 Å². The van der Waals surface area contributed by atoms with Gasteiger partial charge in [0, 0.05) is 11.6 Å². The van der Waals surface area contributed by atoms with E-state index < -0.39 is 12.1 Å². The van der Waals surface area contributed by atoms with Crippen LogP contribution in [0.5, 0.6) is 11.5 Å². The van der Waals surface area contributed by atoms with Crippen molar-refractivity contribution in [3.05, 3.63) is 23.8 Å². The van der Waals surface area contributed by atoms with Crippen LogP contribution in [0.1, 0.15) is 43.7 Å². The highest BCUT2D eigenvalue weighted by Gasteiger charge is 2.29. The molecule has 0 aromatic heterocycles. The van der Waals surface area contributed by atoms with Gasteiger partial charge >= 0.3 is 0 Å². The maximum Gasteiger partial charge on any atom is 0.127 e. The molecular weight excluding hydrogens is 278 g/mol. The molecule has 1 aliphatic rings. The lowest BCUT2D eigenvalue weighted by Crippen LogP contribution is -2.34. The quantitative estimate of drug-likeness (QED) is 0.799. The first-order valence-corrected chi connectivity index (χ1v) is 6.94. The van der Waals surface area contributed by atoms with Gasteiger partial charge in [0.25, 0.3) is 0 Å². The average Bonchev–Trinajstić information content (AvgIpc) is 2.46. The third-order valence-electron chi connectivity index (χ3n) is 4.08. The summed E-state index contributed by atoms with van der Waals surface area (Å²) in [4.78, 5) is 0. The second kappa shape index (κ2) is 7.72. The summed E-state index contributed by atoms with van der Waals surface area (Å²) >= 11 is 0. The summed E-state index contributed by atoms with van der Waals surface area (Å²) in [5.41, 5.74) is 6.93. The van der Waals surface area contributed by atoms with Crippen LogP contribution in [0.4, 0.5) is 0 Å². The van der Waals surface area contributed by atoms with Crippen LogP contribution < -0.4 is 10.5 Å². The number of phenols is 1. The number of hydrogen-bond acceptors (Lipinski definition) is 4. The smallest absolute Gasteiger partial charge is 0.127 e. The van der Waals surface area contributed by atoms with Gasteiger partial charge < -0.3 is 20.7 Å². The molecule has 0 saturated heterocycles. The van der Waals surface area contributed by atoms with Crippen LogP contribution >= 0.6 is 12.4 Å². The molecule has 4 N–H and O–H groups in total. The number of aromatic hydroxyl groups is 1. The zero-order valence-corrected chi connectivity index (χ0v) is 12.6. The third-order valence-corrected chi connectivity index (χ3v) is 4.08. The molecule has 0 amide bonds. The Hall–Kier alpha value is -0.970. The molecule has 1 aromatic rings. The number of phenolic OH excluding ortho intramolecular Hbond substituents is 1. The van der Waals surface area contributed by atoms with E-state index in [1.165, 1.54) is 32.4 Å². The molecule has 20 heavy (non-hydrogen) atoms. The molecule has 1 saturated carbocycles. The van der Waals surface area contributed by atoms with Crippen molar-refractivity contribution >= 4 is 12.4 Å². The van der Waals surface area contributed by atoms with Crippen LogP contribution in [-0.2, 0) is 0 Å². The number of halogens is 1. The fourth-order valence-corrected chi connectivity index (χ4v) is 2.93. The van der Waals surface area contributed by atoms with E-state index in [0.29, 0.717) is 5.75 Å². The Labute approximate surface area is 126 Å². The van der Waals surface area contributed by atoms with Gasteiger partial charge in [-0.05, 0) is 30.9 Å². The first kappa shape index (κ1) is 17.1. The van der Waals surface area contributed by atoms with E-state index in [0.717, 1.165) is 18.4 Å². The number of ether oxygens (including phenoxy) is 1. The van der Waals surface area contributed by atoms with Gasteiger partial charge in [-0.25, -0.2) is 0 Å². The summed E-state index contributed by atoms with van der Waals surface area (Å²) in [5, 5.41) is 19.9. The Bertz CT molecular complexity index is 422. The maximum atomic E-state index is 10.4. The molecule has 1 aromatic carbocycles. The number of aliphatic hydroxyl groups is 1. The lowest BCUT2D eigenvalue weighted by Gasteiger charge is -2.31. The van der Waals surface area contributed by atoms with Crippen molar-refractivity contribution in [3.8, 4) is 11.5 Å². The van der Waals surface area contributed by atoms with E-state index in [4.69, 9.17) is 10.5 Å². The van der Waals surface area contributed by atoms with Gasteiger partial charge in [0.05, 0.1) is 19.3 Å². The zero-order chi connectivity index (χ0) is 13.8. The van der Waals surface area contributed by atoms with Gasteiger partial charge in [0.15, 0.2) is 0 Å². The second-order valence-electron chi connectivity index (χ2n) is 5.34. The fraction of sp³-hybridized carbons (Fsp3) is 0.600. The number of rotatable bonds is 4. The lowest BCUT2D eigenvalue weighted by molar-refractivity contribution is 0.0610. The van der Waals surface area contributed by atoms with E-state index in [2.05, 4.69) is 0 Å². The van der Waals surface area contributed by atoms with Crippen molar-refractivity contribution in [2.75, 3.05) is 7.11 Å². The maximum absolute atomic E-state index is 10.4. The highest BCUT2D eigenvalue weighted by Crippen LogP contribution is 2.35. The molecule has 1 aliphatic carbocycles. The monoisotopic (exact) mass is 301 g/mol. The largest absolute Gasteiger partial charge is 0.508 e. The summed E-state index contributed by atoms with van der Waals surface area (Å²) in [7, 11) is 1.54. The predicted molar refractivity (Wildman–Crippen MR) is 81.4 cm³/mol. The minimum absolute atomic E-state index is 0. The van der Waals surface area contributed by atoms with Gasteiger partial charge in [-0.1, -0.05) is 19.3 Å². The van der Waals surface area contributed by atoms with Crippen LogP contribution in [0.2, 0.25) is 0 Å². The van der Waals surface area contributed by atoms with Gasteiger partial charge in [0.1, 0.15) is 11.5 Å². The average molecular weight is 302 g/mol. The van der Waals surface area contributed by atoms with Gasteiger partial charge in [-0.2, -0.15) is 0 Å². The van der Waals surface area contributed by atoms with E-state index >= 15 is 0 Å². The van der Waals surface area contributed by atoms with Gasteiger partial charge in [0.2, 0.25) is 0 Å². The van der Waals surface area contributed by atoms with Crippen LogP contribution in [0.3, 0.4) is 0 Å². The molecule has 114 valence electrons. The van der Waals surface area contributed by atoms with Crippen LogP contribution in [0.15, 0.2) is 18.2 Å². The van der Waals surface area contributed by atoms with Crippen molar-refractivity contribution in [2.45, 2.75) is 44.2 Å². The Morgan fingerprint density at radius 1 is 1.25 bits per heavy atom. The fourth-order valence-electron chi connectivity index (χ4n) is 2.93. The van der Waals surface area contributed by atoms with Gasteiger partial charge in [-0.3, -0.25) is 0 Å². The van der Waals surface area contributed by atoms with Crippen LogP contribution in [0.25, 0.3) is 0 Å². The SMILES string of the molecule is COc1cc(O)ccc1[C@@H](N)[C@@H](O)C1CCCCC1.Cl. The van der Waals surface area contributed by atoms with Crippen molar-refractivity contribution < 1.29 is 14.9 Å². The first-order chi connectivity index (χ1) is 9.13. The highest BCUT2D eigenvalue weighted by atomic mass is 35.5. The van der Waals surface area contributed by atoms with E-state index in [9.17, 15) is 10.2 Å². The molecule has 0 bridgehead atoms. The third kappa shape index (κ3) is 3.78. The summed E-state index contributed by atoms with van der Waals surface area (Å²) in [6.07, 6.45) is 5.10. The number of hydrogen-bond donors (Lipinski definition) is 3. The normalized spacial score (nSPS) is 18.9. The molecule has 5 heteroatoms. The molecular formula is C15H24ClNO3. The number of benzene rings is 1. The first-order valence-electron chi connectivity index (χ1n) is 6.94. The van der Waals surface area contributed by atoms with Crippen LogP contribution in [-0.4, -0.2) is 23.4 Å². The summed E-state index contributed by atoms with van der Waals surface area (Å²) in [5.74, 6) is 0.935. The Kier molecular flexibility index (Phi) is 6.59. The summed E-state index contributed by atoms with van der Waals surface area (Å²) in [6.45, 7) is 0. The molecule has 2 rings (SSSR count). The Balaban J connectivity index is 0.00000200. The molecule has 0 radical (unpaired) electrons. The second-order valence-corrected chi connectivity index (χ2v) is 5.34. The molecule has 0 heterocycles. The van der Waals surface area contributed by atoms with Crippen molar-refractivity contribution in [1.82, 2.24) is 0 Å². The Morgan fingerprint density at radius 3 is 2.50 bits per heavy atom. The van der Waals surface area contributed by atoms with Crippen molar-refractivity contribution in [3.63, 3.8) is 0 Å². The standard InChI is InChI=1S/C15H23NO3.ClH/c1-19-13-9-11(17)7-8-12(13)14(16)15(18)10-5-3-2-4-6-10;/h7-10,14-15,17-18H,2-6,16H2,1H3;1H/t14-,15+;/m1./s1. The topological polar surface area (TPSA) is 75.7 Å².